The maximum Gasteiger partial charge on any atom is 0.169 e. The first-order chi connectivity index (χ1) is 8.49. The number of nitrogens with zero attached hydrogens (tertiary/aromatic N) is 3. The number of rotatable bonds is 3. The Balaban J connectivity index is 2.27. The Hall–Kier alpha value is -2.04. The van der Waals surface area contributed by atoms with Crippen molar-refractivity contribution in [3.8, 4) is 0 Å². The van der Waals surface area contributed by atoms with E-state index in [1.165, 1.54) is 12.3 Å². The molecule has 0 aliphatic rings. The molecule has 0 fully saturated rings. The molecule has 0 bridgehead atoms. The summed E-state index contributed by atoms with van der Waals surface area (Å²) >= 11 is 0. The van der Waals surface area contributed by atoms with Gasteiger partial charge in [-0.15, -0.1) is 0 Å². The lowest BCUT2D eigenvalue weighted by Crippen LogP contribution is -2.06. The van der Waals surface area contributed by atoms with Crippen molar-refractivity contribution >= 4 is 5.78 Å². The SMILES string of the molecule is Cc1nn(C)c(C)c1CC(=O)c1cncc(F)c1. The number of hydrogen-bond donors (Lipinski definition) is 0. The Labute approximate surface area is 104 Å². The number of carbonyl (C=O) groups excluding carboxylic acids is 1. The molecular weight excluding hydrogens is 233 g/mol. The van der Waals surface area contributed by atoms with Gasteiger partial charge in [0.2, 0.25) is 0 Å². The summed E-state index contributed by atoms with van der Waals surface area (Å²) in [7, 11) is 1.83. The van der Waals surface area contributed by atoms with Crippen molar-refractivity contribution in [3.63, 3.8) is 0 Å². The molecule has 18 heavy (non-hydrogen) atoms. The predicted molar refractivity (Wildman–Crippen MR) is 64.9 cm³/mol. The summed E-state index contributed by atoms with van der Waals surface area (Å²) in [6, 6.07) is 1.20. The largest absolute Gasteiger partial charge is 0.294 e. The summed E-state index contributed by atoms with van der Waals surface area (Å²) in [5.41, 5.74) is 2.96. The van der Waals surface area contributed by atoms with E-state index in [9.17, 15) is 9.18 Å². The molecule has 0 radical (unpaired) electrons. The molecule has 0 aromatic carbocycles. The zero-order valence-corrected chi connectivity index (χ0v) is 10.6. The van der Waals surface area contributed by atoms with Crippen LogP contribution in [0.1, 0.15) is 27.3 Å². The van der Waals surface area contributed by atoms with E-state index in [1.54, 1.807) is 4.68 Å². The highest BCUT2D eigenvalue weighted by atomic mass is 19.1. The lowest BCUT2D eigenvalue weighted by Gasteiger charge is -2.02. The molecule has 0 aliphatic carbocycles. The van der Waals surface area contributed by atoms with Gasteiger partial charge < -0.3 is 0 Å². The summed E-state index contributed by atoms with van der Waals surface area (Å²) in [5.74, 6) is -0.651. The average molecular weight is 247 g/mol. The van der Waals surface area contributed by atoms with Crippen LogP contribution in [0.5, 0.6) is 0 Å². The monoisotopic (exact) mass is 247 g/mol. The lowest BCUT2D eigenvalue weighted by atomic mass is 10.0. The summed E-state index contributed by atoms with van der Waals surface area (Å²) in [5, 5.41) is 4.25. The van der Waals surface area contributed by atoms with Gasteiger partial charge >= 0.3 is 0 Å². The quantitative estimate of drug-likeness (QED) is 0.779. The van der Waals surface area contributed by atoms with Gasteiger partial charge in [-0.1, -0.05) is 0 Å². The second-order valence-electron chi connectivity index (χ2n) is 4.26. The van der Waals surface area contributed by atoms with Crippen LogP contribution in [0.3, 0.4) is 0 Å². The number of aromatic nitrogens is 3. The zero-order valence-electron chi connectivity index (χ0n) is 10.6. The third-order valence-corrected chi connectivity index (χ3v) is 3.02. The van der Waals surface area contributed by atoms with Crippen molar-refractivity contribution in [1.82, 2.24) is 14.8 Å². The van der Waals surface area contributed by atoms with Crippen LogP contribution in [-0.2, 0) is 13.5 Å². The van der Waals surface area contributed by atoms with Gasteiger partial charge in [-0.3, -0.25) is 14.5 Å². The Morgan fingerprint density at radius 3 is 2.67 bits per heavy atom. The number of aryl methyl sites for hydroxylation is 2. The van der Waals surface area contributed by atoms with Crippen LogP contribution in [0.2, 0.25) is 0 Å². The fraction of sp³-hybridized carbons (Fsp3) is 0.308. The summed E-state index contributed by atoms with van der Waals surface area (Å²) in [4.78, 5) is 15.7. The van der Waals surface area contributed by atoms with Crippen molar-refractivity contribution in [2.75, 3.05) is 0 Å². The highest BCUT2D eigenvalue weighted by Gasteiger charge is 2.15. The maximum absolute atomic E-state index is 13.0. The third kappa shape index (κ3) is 2.30. The van der Waals surface area contributed by atoms with Crippen molar-refractivity contribution in [3.05, 3.63) is 46.8 Å². The lowest BCUT2D eigenvalue weighted by molar-refractivity contribution is 0.0991. The van der Waals surface area contributed by atoms with Crippen molar-refractivity contribution in [1.29, 1.82) is 0 Å². The molecule has 0 saturated heterocycles. The first-order valence-corrected chi connectivity index (χ1v) is 5.62. The van der Waals surface area contributed by atoms with Gasteiger partial charge in [0.15, 0.2) is 5.78 Å². The minimum absolute atomic E-state index is 0.152. The molecule has 2 heterocycles. The second kappa shape index (κ2) is 4.68. The topological polar surface area (TPSA) is 47.8 Å². The van der Waals surface area contributed by atoms with E-state index in [-0.39, 0.29) is 17.8 Å². The van der Waals surface area contributed by atoms with Crippen LogP contribution in [0, 0.1) is 19.7 Å². The van der Waals surface area contributed by atoms with E-state index in [4.69, 9.17) is 0 Å². The van der Waals surface area contributed by atoms with Gasteiger partial charge in [0.25, 0.3) is 0 Å². The molecule has 94 valence electrons. The minimum atomic E-state index is -0.500. The van der Waals surface area contributed by atoms with Crippen molar-refractivity contribution < 1.29 is 9.18 Å². The summed E-state index contributed by atoms with van der Waals surface area (Å²) < 4.78 is 14.7. The zero-order chi connectivity index (χ0) is 13.3. The van der Waals surface area contributed by atoms with Gasteiger partial charge in [0.05, 0.1) is 11.9 Å². The maximum atomic E-state index is 13.0. The second-order valence-corrected chi connectivity index (χ2v) is 4.26. The highest BCUT2D eigenvalue weighted by Crippen LogP contribution is 2.15. The standard InChI is InChI=1S/C13H14FN3O/c1-8-12(9(2)17(3)16-8)5-13(18)10-4-11(14)7-15-6-10/h4,6-7H,5H2,1-3H3. The van der Waals surface area contributed by atoms with E-state index < -0.39 is 5.82 Å². The van der Waals surface area contributed by atoms with E-state index in [1.807, 2.05) is 20.9 Å². The Morgan fingerprint density at radius 1 is 1.39 bits per heavy atom. The first-order valence-electron chi connectivity index (χ1n) is 5.62. The highest BCUT2D eigenvalue weighted by molar-refractivity contribution is 5.97. The van der Waals surface area contributed by atoms with Gasteiger partial charge in [-0.05, 0) is 19.9 Å². The summed E-state index contributed by atoms with van der Waals surface area (Å²) in [6.45, 7) is 3.77. The fourth-order valence-electron chi connectivity index (χ4n) is 1.90. The van der Waals surface area contributed by atoms with Crippen LogP contribution in [0.25, 0.3) is 0 Å². The van der Waals surface area contributed by atoms with Gasteiger partial charge in [-0.2, -0.15) is 5.10 Å². The predicted octanol–water partition coefficient (Wildman–Crippen LogP) is 2.00. The number of hydrogen-bond acceptors (Lipinski definition) is 3. The Bertz CT molecular complexity index is 604. The molecule has 5 heteroatoms. The Kier molecular flexibility index (Phi) is 3.23. The van der Waals surface area contributed by atoms with Crippen LogP contribution in [0.4, 0.5) is 4.39 Å². The first kappa shape index (κ1) is 12.4. The van der Waals surface area contributed by atoms with E-state index >= 15 is 0 Å². The Morgan fingerprint density at radius 2 is 2.11 bits per heavy atom. The van der Waals surface area contributed by atoms with E-state index in [2.05, 4.69) is 10.1 Å². The number of carbonyl (C=O) groups is 1. The van der Waals surface area contributed by atoms with Crippen LogP contribution in [-0.4, -0.2) is 20.5 Å². The third-order valence-electron chi connectivity index (χ3n) is 3.02. The van der Waals surface area contributed by atoms with E-state index in [0.717, 1.165) is 23.1 Å². The molecule has 0 spiro atoms. The van der Waals surface area contributed by atoms with Crippen molar-refractivity contribution in [2.45, 2.75) is 20.3 Å². The fourth-order valence-corrected chi connectivity index (χ4v) is 1.90. The number of halogens is 1. The molecule has 0 unspecified atom stereocenters. The van der Waals surface area contributed by atoms with Gasteiger partial charge in [0.1, 0.15) is 5.82 Å². The molecule has 0 aliphatic heterocycles. The minimum Gasteiger partial charge on any atom is -0.294 e. The molecule has 0 saturated carbocycles. The molecule has 0 atom stereocenters. The molecule has 2 rings (SSSR count). The molecule has 0 amide bonds. The number of pyridine rings is 1. The van der Waals surface area contributed by atoms with Crippen LogP contribution in [0.15, 0.2) is 18.5 Å². The normalized spacial score (nSPS) is 10.7. The molecule has 2 aromatic heterocycles. The molecule has 2 aromatic rings. The smallest absolute Gasteiger partial charge is 0.169 e. The van der Waals surface area contributed by atoms with Crippen LogP contribution < -0.4 is 0 Å². The molecule has 0 N–H and O–H groups in total. The van der Waals surface area contributed by atoms with Crippen LogP contribution >= 0.6 is 0 Å². The number of ketones is 1. The van der Waals surface area contributed by atoms with Crippen molar-refractivity contribution in [2.24, 2.45) is 7.05 Å². The average Bonchev–Trinajstić information content (AvgIpc) is 2.56. The molecular formula is C13H14FN3O. The summed E-state index contributed by atoms with van der Waals surface area (Å²) in [6.07, 6.45) is 2.68. The van der Waals surface area contributed by atoms with Gasteiger partial charge in [0, 0.05) is 36.5 Å². The number of Topliss-reactive ketones (excluding diaryl/α,β-unsaturated/α-hetero) is 1. The van der Waals surface area contributed by atoms with E-state index in [0.29, 0.717) is 0 Å². The van der Waals surface area contributed by atoms with Gasteiger partial charge in [-0.25, -0.2) is 4.39 Å². The molecule has 4 nitrogen and oxygen atoms in total.